The fourth-order valence-electron chi connectivity index (χ4n) is 8.38. The minimum atomic E-state index is 0.583. The predicted octanol–water partition coefficient (Wildman–Crippen LogP) is 13.1. The van der Waals surface area contributed by atoms with Crippen molar-refractivity contribution in [1.29, 1.82) is 5.26 Å². The lowest BCUT2D eigenvalue weighted by atomic mass is 9.88. The van der Waals surface area contributed by atoms with Gasteiger partial charge in [-0.05, 0) is 74.8 Å². The number of hydrogen-bond acceptors (Lipinski definition) is 6. The minimum absolute atomic E-state index is 0.583. The highest BCUT2D eigenvalue weighted by atomic mass is 15.0. The molecule has 60 heavy (non-hydrogen) atoms. The van der Waals surface area contributed by atoms with Crippen molar-refractivity contribution in [3.63, 3.8) is 0 Å². The molecule has 0 atom stereocenters. The van der Waals surface area contributed by atoms with Gasteiger partial charge in [0.25, 0.3) is 0 Å². The maximum Gasteiger partial charge on any atom is 0.164 e. The lowest BCUT2D eigenvalue weighted by Crippen LogP contribution is -2.00. The first-order valence-corrected chi connectivity index (χ1v) is 19.8. The Morgan fingerprint density at radius 2 is 0.800 bits per heavy atom. The molecule has 0 amide bonds. The van der Waals surface area contributed by atoms with E-state index in [0.29, 0.717) is 23.0 Å². The lowest BCUT2D eigenvalue weighted by Gasteiger charge is -2.16. The van der Waals surface area contributed by atoms with E-state index in [2.05, 4.69) is 109 Å². The zero-order valence-corrected chi connectivity index (χ0v) is 32.2. The molecule has 8 aromatic carbocycles. The number of aromatic nitrogens is 5. The van der Waals surface area contributed by atoms with Crippen LogP contribution in [0.2, 0.25) is 0 Å². The van der Waals surface area contributed by atoms with Crippen LogP contribution in [0, 0.1) is 11.3 Å². The van der Waals surface area contributed by atoms with Gasteiger partial charge in [0.15, 0.2) is 17.5 Å². The van der Waals surface area contributed by atoms with E-state index in [-0.39, 0.29) is 0 Å². The molecule has 6 heteroatoms. The molecule has 0 aliphatic heterocycles. The van der Waals surface area contributed by atoms with Crippen LogP contribution in [0.15, 0.2) is 194 Å². The second-order valence-corrected chi connectivity index (χ2v) is 14.8. The Morgan fingerprint density at radius 3 is 1.47 bits per heavy atom. The Bertz CT molecular complexity index is 3490. The van der Waals surface area contributed by atoms with Crippen molar-refractivity contribution in [2.24, 2.45) is 0 Å². The highest BCUT2D eigenvalue weighted by Crippen LogP contribution is 2.43. The summed E-state index contributed by atoms with van der Waals surface area (Å²) in [4.78, 5) is 25.1. The van der Waals surface area contributed by atoms with Crippen molar-refractivity contribution >= 4 is 43.4 Å². The third-order valence-electron chi connectivity index (χ3n) is 11.3. The van der Waals surface area contributed by atoms with Gasteiger partial charge in [0.2, 0.25) is 0 Å². The fourth-order valence-corrected chi connectivity index (χ4v) is 8.38. The van der Waals surface area contributed by atoms with E-state index in [1.807, 2.05) is 91.3 Å². The molecular weight excluding hydrogens is 733 g/mol. The first-order valence-electron chi connectivity index (χ1n) is 19.8. The highest BCUT2D eigenvalue weighted by molar-refractivity contribution is 6.23. The Balaban J connectivity index is 1.08. The van der Waals surface area contributed by atoms with Gasteiger partial charge < -0.3 is 0 Å². The summed E-state index contributed by atoms with van der Waals surface area (Å²) in [5.41, 5.74) is 11.4. The Labute approximate surface area is 345 Å². The van der Waals surface area contributed by atoms with Gasteiger partial charge in [0.05, 0.1) is 22.7 Å². The largest absolute Gasteiger partial charge is 0.256 e. The summed E-state index contributed by atoms with van der Waals surface area (Å²) >= 11 is 0. The Kier molecular flexibility index (Phi) is 8.42. The van der Waals surface area contributed by atoms with Gasteiger partial charge in [-0.2, -0.15) is 5.26 Å². The van der Waals surface area contributed by atoms with Crippen LogP contribution in [-0.4, -0.2) is 24.9 Å². The second-order valence-electron chi connectivity index (χ2n) is 14.8. The van der Waals surface area contributed by atoms with E-state index in [0.717, 1.165) is 93.4 Å². The van der Waals surface area contributed by atoms with E-state index in [4.69, 9.17) is 24.9 Å². The molecule has 0 fully saturated rings. The van der Waals surface area contributed by atoms with Crippen molar-refractivity contribution in [2.75, 3.05) is 0 Å². The summed E-state index contributed by atoms with van der Waals surface area (Å²) in [5, 5.41) is 16.1. The third kappa shape index (κ3) is 6.01. The number of nitrogens with zero attached hydrogens (tertiary/aromatic N) is 6. The summed E-state index contributed by atoms with van der Waals surface area (Å²) in [6.45, 7) is 0. The SMILES string of the molecule is N#Cc1ccc(-c2cc3c4cccnc4c(-c4cccc(-c5nc(-c6ccccc6)nc(-c6ccc(-c7ccccc7)cc6)n5)c4)cc3c3cccnc23)c2ccccc12. The minimum Gasteiger partial charge on any atom is -0.256 e. The molecule has 6 nitrogen and oxygen atoms in total. The Hall–Kier alpha value is -8.40. The van der Waals surface area contributed by atoms with Crippen LogP contribution in [0.1, 0.15) is 5.56 Å². The fraction of sp³-hybridized carbons (Fsp3) is 0. The predicted molar refractivity (Wildman–Crippen MR) is 243 cm³/mol. The van der Waals surface area contributed by atoms with Gasteiger partial charge in [0.1, 0.15) is 0 Å². The molecule has 0 bridgehead atoms. The summed E-state index contributed by atoms with van der Waals surface area (Å²) in [7, 11) is 0. The molecule has 0 N–H and O–H groups in total. The molecule has 0 saturated carbocycles. The summed E-state index contributed by atoms with van der Waals surface area (Å²) < 4.78 is 0. The average Bonchev–Trinajstić information content (AvgIpc) is 3.33. The summed E-state index contributed by atoms with van der Waals surface area (Å²) in [6, 6.07) is 64.4. The third-order valence-corrected chi connectivity index (χ3v) is 11.3. The van der Waals surface area contributed by atoms with E-state index < -0.39 is 0 Å². The molecule has 278 valence electrons. The number of rotatable bonds is 6. The molecular formula is C54H32N6. The van der Waals surface area contributed by atoms with Crippen LogP contribution in [0.4, 0.5) is 0 Å². The van der Waals surface area contributed by atoms with Crippen molar-refractivity contribution in [3.8, 4) is 73.6 Å². The van der Waals surface area contributed by atoms with Crippen LogP contribution < -0.4 is 0 Å². The maximum atomic E-state index is 9.91. The standard InChI is InChI=1S/C54H32N6/c55-33-40-26-27-43(42-19-8-7-18-41(40)42)49-32-48-44-20-10-28-56-50(44)46(31-47(48)45-21-11-29-57-51(45)49)38-16-9-17-39(30-38)54-59-52(36-14-5-2-6-15-36)58-53(60-54)37-24-22-35(23-25-37)34-12-3-1-4-13-34/h1-32H. The van der Waals surface area contributed by atoms with Crippen LogP contribution in [0.5, 0.6) is 0 Å². The molecule has 0 unspecified atom stereocenters. The van der Waals surface area contributed by atoms with E-state index >= 15 is 0 Å². The number of benzene rings is 8. The van der Waals surface area contributed by atoms with E-state index in [1.54, 1.807) is 0 Å². The summed E-state index contributed by atoms with van der Waals surface area (Å²) in [5.74, 6) is 1.79. The number of pyridine rings is 2. The zero-order chi connectivity index (χ0) is 40.0. The smallest absolute Gasteiger partial charge is 0.164 e. The van der Waals surface area contributed by atoms with Crippen LogP contribution >= 0.6 is 0 Å². The molecule has 0 radical (unpaired) electrons. The lowest BCUT2D eigenvalue weighted by molar-refractivity contribution is 1.07. The average molecular weight is 765 g/mol. The van der Waals surface area contributed by atoms with Crippen molar-refractivity contribution in [2.45, 2.75) is 0 Å². The monoisotopic (exact) mass is 764 g/mol. The molecule has 3 aromatic heterocycles. The number of nitriles is 1. The quantitative estimate of drug-likeness (QED) is 0.157. The first-order chi connectivity index (χ1) is 29.7. The Morgan fingerprint density at radius 1 is 0.317 bits per heavy atom. The van der Waals surface area contributed by atoms with Gasteiger partial charge in [-0.25, -0.2) is 15.0 Å². The van der Waals surface area contributed by atoms with Crippen molar-refractivity contribution in [3.05, 3.63) is 200 Å². The van der Waals surface area contributed by atoms with Gasteiger partial charge in [0, 0.05) is 56.4 Å². The molecule has 0 spiro atoms. The normalized spacial score (nSPS) is 11.3. The molecule has 11 rings (SSSR count). The van der Waals surface area contributed by atoms with Gasteiger partial charge in [-0.1, -0.05) is 146 Å². The van der Waals surface area contributed by atoms with Crippen LogP contribution in [0.3, 0.4) is 0 Å². The topological polar surface area (TPSA) is 88.2 Å². The van der Waals surface area contributed by atoms with Crippen LogP contribution in [-0.2, 0) is 0 Å². The van der Waals surface area contributed by atoms with Gasteiger partial charge in [-0.15, -0.1) is 0 Å². The van der Waals surface area contributed by atoms with E-state index in [1.165, 1.54) is 0 Å². The maximum absolute atomic E-state index is 9.91. The molecule has 3 heterocycles. The van der Waals surface area contributed by atoms with E-state index in [9.17, 15) is 5.26 Å². The highest BCUT2D eigenvalue weighted by Gasteiger charge is 2.19. The molecule has 11 aromatic rings. The summed E-state index contributed by atoms with van der Waals surface area (Å²) in [6.07, 6.45) is 3.70. The molecule has 0 aliphatic carbocycles. The van der Waals surface area contributed by atoms with Crippen molar-refractivity contribution in [1.82, 2.24) is 24.9 Å². The van der Waals surface area contributed by atoms with Gasteiger partial charge in [-0.3, -0.25) is 9.97 Å². The number of hydrogen-bond donors (Lipinski definition) is 0. The van der Waals surface area contributed by atoms with Crippen molar-refractivity contribution < 1.29 is 0 Å². The first kappa shape index (κ1) is 34.8. The molecule has 0 aliphatic rings. The van der Waals surface area contributed by atoms with Gasteiger partial charge >= 0.3 is 0 Å². The second kappa shape index (κ2) is 14.5. The number of fused-ring (bicyclic) bond motifs is 6. The zero-order valence-electron chi connectivity index (χ0n) is 32.2. The molecule has 0 saturated heterocycles. The van der Waals surface area contributed by atoms with Crippen LogP contribution in [0.25, 0.3) is 111 Å².